The first-order valence-corrected chi connectivity index (χ1v) is 6.72. The quantitative estimate of drug-likeness (QED) is 0.670. The highest BCUT2D eigenvalue weighted by atomic mass is 16.5. The highest BCUT2D eigenvalue weighted by Gasteiger charge is 2.39. The minimum atomic E-state index is -0.334. The highest BCUT2D eigenvalue weighted by Crippen LogP contribution is 2.45. The molecule has 0 unspecified atom stereocenters. The molecule has 0 heterocycles. The van der Waals surface area contributed by atoms with Crippen LogP contribution in [0.1, 0.15) is 38.2 Å². The third kappa shape index (κ3) is 2.37. The van der Waals surface area contributed by atoms with E-state index in [4.69, 9.17) is 10.5 Å². The predicted octanol–water partition coefficient (Wildman–Crippen LogP) is 2.90. The Morgan fingerprint density at radius 3 is 2.32 bits per heavy atom. The number of hydrogen-bond donors (Lipinski definition) is 1. The third-order valence-corrected chi connectivity index (χ3v) is 4.19. The van der Waals surface area contributed by atoms with Crippen LogP contribution >= 0.6 is 0 Å². The first-order chi connectivity index (χ1) is 9.12. The maximum absolute atomic E-state index is 11.7. The molecule has 102 valence electrons. The molecular formula is C16H21NO2. The second kappa shape index (κ2) is 5.47. The van der Waals surface area contributed by atoms with Crippen LogP contribution in [0.15, 0.2) is 41.6 Å². The summed E-state index contributed by atoms with van der Waals surface area (Å²) in [6, 6.07) is 10.2. The largest absolute Gasteiger partial charge is 0.466 e. The van der Waals surface area contributed by atoms with Crippen LogP contribution in [0.4, 0.5) is 0 Å². The Morgan fingerprint density at radius 2 is 1.79 bits per heavy atom. The van der Waals surface area contributed by atoms with E-state index in [0.717, 1.165) is 25.7 Å². The number of nitrogens with two attached hydrogens (primary N) is 1. The number of benzene rings is 1. The van der Waals surface area contributed by atoms with Gasteiger partial charge < -0.3 is 10.5 Å². The summed E-state index contributed by atoms with van der Waals surface area (Å²) >= 11 is 0. The fourth-order valence-corrected chi connectivity index (χ4v) is 3.07. The second-order valence-corrected chi connectivity index (χ2v) is 5.19. The summed E-state index contributed by atoms with van der Waals surface area (Å²) in [5.74, 6) is -0.334. The van der Waals surface area contributed by atoms with Crippen molar-refractivity contribution in [2.75, 3.05) is 7.11 Å². The molecule has 0 aromatic heterocycles. The number of carbonyl (C=O) groups excluding carboxylic acids is 1. The van der Waals surface area contributed by atoms with Gasteiger partial charge in [-0.15, -0.1) is 0 Å². The Hall–Kier alpha value is -1.77. The molecule has 2 rings (SSSR count). The minimum absolute atomic E-state index is 0.195. The van der Waals surface area contributed by atoms with E-state index in [0.29, 0.717) is 11.3 Å². The van der Waals surface area contributed by atoms with Gasteiger partial charge in [-0.25, -0.2) is 4.79 Å². The molecule has 1 saturated carbocycles. The van der Waals surface area contributed by atoms with Gasteiger partial charge in [0.1, 0.15) is 0 Å². The second-order valence-electron chi connectivity index (χ2n) is 5.19. The van der Waals surface area contributed by atoms with E-state index >= 15 is 0 Å². The number of carbonyl (C=O) groups is 1. The Balaban J connectivity index is 2.49. The van der Waals surface area contributed by atoms with E-state index in [1.807, 2.05) is 18.2 Å². The van der Waals surface area contributed by atoms with Crippen LogP contribution < -0.4 is 5.73 Å². The molecule has 0 amide bonds. The number of esters is 1. The third-order valence-electron chi connectivity index (χ3n) is 4.19. The summed E-state index contributed by atoms with van der Waals surface area (Å²) in [6.45, 7) is 1.75. The molecule has 0 spiro atoms. The van der Waals surface area contributed by atoms with Gasteiger partial charge in [-0.05, 0) is 25.3 Å². The molecule has 19 heavy (non-hydrogen) atoms. The van der Waals surface area contributed by atoms with Crippen LogP contribution in [-0.2, 0) is 14.9 Å². The van der Waals surface area contributed by atoms with E-state index in [1.54, 1.807) is 6.92 Å². The van der Waals surface area contributed by atoms with Crippen molar-refractivity contribution in [2.24, 2.45) is 5.73 Å². The fourth-order valence-electron chi connectivity index (χ4n) is 3.07. The maximum Gasteiger partial charge on any atom is 0.335 e. The summed E-state index contributed by atoms with van der Waals surface area (Å²) in [7, 11) is 1.39. The van der Waals surface area contributed by atoms with Crippen molar-refractivity contribution in [2.45, 2.75) is 38.0 Å². The lowest BCUT2D eigenvalue weighted by Gasteiger charge is -2.31. The minimum Gasteiger partial charge on any atom is -0.466 e. The lowest BCUT2D eigenvalue weighted by atomic mass is 9.75. The molecule has 1 aliphatic rings. The molecular weight excluding hydrogens is 238 g/mol. The molecule has 1 aromatic rings. The molecule has 0 saturated heterocycles. The summed E-state index contributed by atoms with van der Waals surface area (Å²) in [5.41, 5.74) is 8.56. The van der Waals surface area contributed by atoms with Gasteiger partial charge in [0.05, 0.1) is 12.7 Å². The summed E-state index contributed by atoms with van der Waals surface area (Å²) in [5, 5.41) is 0. The van der Waals surface area contributed by atoms with Crippen molar-refractivity contribution in [1.29, 1.82) is 0 Å². The zero-order valence-electron chi connectivity index (χ0n) is 11.6. The van der Waals surface area contributed by atoms with Crippen LogP contribution in [0.5, 0.6) is 0 Å². The molecule has 2 N–H and O–H groups in total. The Labute approximate surface area is 114 Å². The predicted molar refractivity (Wildman–Crippen MR) is 75.5 cm³/mol. The number of rotatable bonds is 3. The van der Waals surface area contributed by atoms with Gasteiger partial charge in [0, 0.05) is 11.1 Å². The molecule has 3 nitrogen and oxygen atoms in total. The normalized spacial score (nSPS) is 18.8. The van der Waals surface area contributed by atoms with Crippen LogP contribution in [0.2, 0.25) is 0 Å². The van der Waals surface area contributed by atoms with Crippen LogP contribution in [0.3, 0.4) is 0 Å². The standard InChI is InChI=1S/C16H21NO2/c1-12(15(18)19-2)14(17)16(10-6-7-11-16)13-8-4-3-5-9-13/h3-5,8-9H,6-7,10-11,17H2,1-2H3/b14-12+. The number of allylic oxidation sites excluding steroid dienone is 1. The maximum atomic E-state index is 11.7. The van der Waals surface area contributed by atoms with Gasteiger partial charge in [-0.3, -0.25) is 0 Å². The summed E-state index contributed by atoms with van der Waals surface area (Å²) < 4.78 is 4.80. The highest BCUT2D eigenvalue weighted by molar-refractivity contribution is 5.89. The first-order valence-electron chi connectivity index (χ1n) is 6.72. The Bertz CT molecular complexity index is 485. The van der Waals surface area contributed by atoms with E-state index < -0.39 is 0 Å². The first kappa shape index (κ1) is 13.7. The molecule has 1 fully saturated rings. The van der Waals surface area contributed by atoms with Crippen molar-refractivity contribution in [3.63, 3.8) is 0 Å². The molecule has 1 aliphatic carbocycles. The van der Waals surface area contributed by atoms with Crippen molar-refractivity contribution in [1.82, 2.24) is 0 Å². The van der Waals surface area contributed by atoms with Crippen LogP contribution in [-0.4, -0.2) is 13.1 Å². The number of hydrogen-bond acceptors (Lipinski definition) is 3. The van der Waals surface area contributed by atoms with E-state index in [2.05, 4.69) is 12.1 Å². The molecule has 0 aliphatic heterocycles. The Kier molecular flexibility index (Phi) is 3.93. The van der Waals surface area contributed by atoms with Crippen molar-refractivity contribution < 1.29 is 9.53 Å². The molecule has 3 heteroatoms. The monoisotopic (exact) mass is 259 g/mol. The Morgan fingerprint density at radius 1 is 1.21 bits per heavy atom. The fraction of sp³-hybridized carbons (Fsp3) is 0.438. The lowest BCUT2D eigenvalue weighted by Crippen LogP contribution is -2.32. The van der Waals surface area contributed by atoms with Gasteiger partial charge in [-0.1, -0.05) is 43.2 Å². The average molecular weight is 259 g/mol. The topological polar surface area (TPSA) is 52.3 Å². The van der Waals surface area contributed by atoms with Crippen LogP contribution in [0.25, 0.3) is 0 Å². The van der Waals surface area contributed by atoms with Crippen molar-refractivity contribution >= 4 is 5.97 Å². The summed E-state index contributed by atoms with van der Waals surface area (Å²) in [6.07, 6.45) is 4.28. The molecule has 0 radical (unpaired) electrons. The number of methoxy groups -OCH3 is 1. The van der Waals surface area contributed by atoms with Gasteiger partial charge >= 0.3 is 5.97 Å². The zero-order chi connectivity index (χ0) is 13.9. The lowest BCUT2D eigenvalue weighted by molar-refractivity contribution is -0.136. The van der Waals surface area contributed by atoms with Gasteiger partial charge in [0.2, 0.25) is 0 Å². The van der Waals surface area contributed by atoms with Crippen molar-refractivity contribution in [3.05, 3.63) is 47.2 Å². The molecule has 0 bridgehead atoms. The average Bonchev–Trinajstić information content (AvgIpc) is 2.96. The van der Waals surface area contributed by atoms with Gasteiger partial charge in [0.15, 0.2) is 0 Å². The summed E-state index contributed by atoms with van der Waals surface area (Å²) in [4.78, 5) is 11.7. The van der Waals surface area contributed by atoms with Crippen LogP contribution in [0, 0.1) is 0 Å². The van der Waals surface area contributed by atoms with Gasteiger partial charge in [0.25, 0.3) is 0 Å². The van der Waals surface area contributed by atoms with E-state index in [1.165, 1.54) is 12.7 Å². The van der Waals surface area contributed by atoms with E-state index in [9.17, 15) is 4.79 Å². The van der Waals surface area contributed by atoms with E-state index in [-0.39, 0.29) is 11.4 Å². The van der Waals surface area contributed by atoms with Gasteiger partial charge in [-0.2, -0.15) is 0 Å². The molecule has 1 aromatic carbocycles. The SMILES string of the molecule is COC(=O)/C(C)=C(/N)C1(c2ccccc2)CCCC1. The smallest absolute Gasteiger partial charge is 0.335 e. The van der Waals surface area contributed by atoms with Crippen molar-refractivity contribution in [3.8, 4) is 0 Å². The number of ether oxygens (including phenoxy) is 1. The molecule has 0 atom stereocenters. The zero-order valence-corrected chi connectivity index (χ0v) is 11.6.